The minimum atomic E-state index is -0.373. The Morgan fingerprint density at radius 2 is 1.74 bits per heavy atom. The number of piperidine rings is 1. The molecule has 2 amide bonds. The summed E-state index contributed by atoms with van der Waals surface area (Å²) >= 11 is 7.86. The maximum Gasteiger partial charge on any atom is 0.272 e. The lowest BCUT2D eigenvalue weighted by Crippen LogP contribution is -2.40. The van der Waals surface area contributed by atoms with Crippen molar-refractivity contribution in [2.45, 2.75) is 90.3 Å². The predicted octanol–water partition coefficient (Wildman–Crippen LogP) is 7.91. The number of hydrogen-bond acceptors (Lipinski definition) is 12. The molecule has 16 heteroatoms. The van der Waals surface area contributed by atoms with Crippen LogP contribution in [0.1, 0.15) is 116 Å². The average Bonchev–Trinajstić information content (AvgIpc) is 4.00. The van der Waals surface area contributed by atoms with Crippen LogP contribution in [0.25, 0.3) is 5.00 Å². The summed E-state index contributed by atoms with van der Waals surface area (Å²) in [6, 6.07) is 18.2. The molecule has 316 valence electrons. The van der Waals surface area contributed by atoms with E-state index < -0.39 is 0 Å². The highest BCUT2D eigenvalue weighted by molar-refractivity contribution is 7.15. The molecule has 6 aromatic rings. The van der Waals surface area contributed by atoms with Gasteiger partial charge in [-0.05, 0) is 114 Å². The number of hydrogen-bond donors (Lipinski definition) is 1. The zero-order chi connectivity index (χ0) is 42.9. The maximum atomic E-state index is 13.8. The highest BCUT2D eigenvalue weighted by Gasteiger charge is 2.33. The predicted molar refractivity (Wildman–Crippen MR) is 233 cm³/mol. The number of nitrogens with zero attached hydrogens (tertiary/aromatic N) is 9. The number of oxazole rings is 1. The molecule has 1 aliphatic carbocycles. The van der Waals surface area contributed by atoms with E-state index in [0.29, 0.717) is 58.9 Å². The Kier molecular flexibility index (Phi) is 11.7. The zero-order valence-corrected chi connectivity index (χ0v) is 36.2. The van der Waals surface area contributed by atoms with Crippen LogP contribution in [0.15, 0.2) is 76.5 Å². The number of aromatic nitrogens is 6. The molecule has 1 saturated heterocycles. The van der Waals surface area contributed by atoms with Crippen LogP contribution in [-0.2, 0) is 12.8 Å². The first-order valence-electron chi connectivity index (χ1n) is 21.0. The second-order valence-electron chi connectivity index (χ2n) is 16.3. The van der Waals surface area contributed by atoms with Crippen molar-refractivity contribution in [1.82, 2.24) is 40.2 Å². The Balaban J connectivity index is 0.780. The smallest absolute Gasteiger partial charge is 0.272 e. The molecule has 4 aromatic heterocycles. The van der Waals surface area contributed by atoms with Crippen molar-refractivity contribution in [3.8, 4) is 16.8 Å². The van der Waals surface area contributed by atoms with Crippen LogP contribution in [0.3, 0.4) is 0 Å². The first-order valence-corrected chi connectivity index (χ1v) is 22.2. The van der Waals surface area contributed by atoms with Crippen LogP contribution < -0.4 is 10.1 Å². The summed E-state index contributed by atoms with van der Waals surface area (Å²) in [6.45, 7) is 7.51. The largest absolute Gasteiger partial charge is 0.490 e. The summed E-state index contributed by atoms with van der Waals surface area (Å²) in [5.41, 5.74) is 6.14. The second kappa shape index (κ2) is 17.6. The molecule has 2 aliphatic heterocycles. The van der Waals surface area contributed by atoms with Crippen molar-refractivity contribution >= 4 is 40.5 Å². The molecule has 1 atom stereocenters. The Morgan fingerprint density at radius 1 is 0.952 bits per heavy atom. The normalized spacial score (nSPS) is 18.9. The Morgan fingerprint density at radius 3 is 2.44 bits per heavy atom. The molecule has 0 spiro atoms. The Labute approximate surface area is 368 Å². The van der Waals surface area contributed by atoms with Gasteiger partial charge in [0.05, 0.1) is 40.7 Å². The van der Waals surface area contributed by atoms with E-state index in [2.05, 4.69) is 55.2 Å². The number of nitriles is 1. The summed E-state index contributed by atoms with van der Waals surface area (Å²) < 4.78 is 13.8. The SMILES string of the molecule is Cc1sc2c(c1C)C(c1ccc(C(=O)N3CCC(Cc4ccc(C(=O)N[C@H]5CC[C@H](Oc6ccc(C#N)c(Cl)c6)CC5)nn4)CC3)cc1)=N[C@@H](Cc1ncco1)c1nnc(C)n1-2. The van der Waals surface area contributed by atoms with E-state index in [9.17, 15) is 9.59 Å². The fourth-order valence-electron chi connectivity index (χ4n) is 8.66. The van der Waals surface area contributed by atoms with Gasteiger partial charge in [-0.3, -0.25) is 19.1 Å². The molecule has 6 heterocycles. The van der Waals surface area contributed by atoms with Gasteiger partial charge in [0, 0.05) is 46.8 Å². The lowest BCUT2D eigenvalue weighted by Gasteiger charge is -2.32. The number of carbonyl (C=O) groups is 2. The second-order valence-corrected chi connectivity index (χ2v) is 17.9. The van der Waals surface area contributed by atoms with E-state index in [1.807, 2.05) is 42.2 Å². The molecular weight excluding hydrogens is 824 g/mol. The van der Waals surface area contributed by atoms with Crippen LogP contribution >= 0.6 is 22.9 Å². The third kappa shape index (κ3) is 8.49. The van der Waals surface area contributed by atoms with Gasteiger partial charge < -0.3 is 19.4 Å². The van der Waals surface area contributed by atoms with Gasteiger partial charge in [0.25, 0.3) is 11.8 Å². The van der Waals surface area contributed by atoms with E-state index in [0.717, 1.165) is 89.7 Å². The molecule has 0 radical (unpaired) electrons. The van der Waals surface area contributed by atoms with E-state index >= 15 is 0 Å². The van der Waals surface area contributed by atoms with Crippen molar-refractivity contribution in [3.63, 3.8) is 0 Å². The number of likely N-dealkylation sites (tertiary alicyclic amines) is 1. The number of rotatable bonds is 10. The van der Waals surface area contributed by atoms with Crippen molar-refractivity contribution in [3.05, 3.63) is 134 Å². The van der Waals surface area contributed by atoms with Gasteiger partial charge in [0.1, 0.15) is 34.9 Å². The molecule has 1 N–H and O–H groups in total. The number of aliphatic imine (C=N–C) groups is 1. The molecule has 9 rings (SSSR count). The van der Waals surface area contributed by atoms with Crippen molar-refractivity contribution < 1.29 is 18.7 Å². The topological polar surface area (TPSA) is 177 Å². The number of ether oxygens (including phenoxy) is 1. The third-order valence-electron chi connectivity index (χ3n) is 12.2. The summed E-state index contributed by atoms with van der Waals surface area (Å²) in [5, 5.41) is 31.3. The van der Waals surface area contributed by atoms with E-state index in [1.165, 1.54) is 4.88 Å². The summed E-state index contributed by atoms with van der Waals surface area (Å²) in [4.78, 5) is 39.6. The molecule has 62 heavy (non-hydrogen) atoms. The summed E-state index contributed by atoms with van der Waals surface area (Å²) in [6.07, 6.45) is 9.22. The van der Waals surface area contributed by atoms with Gasteiger partial charge in [-0.1, -0.05) is 23.7 Å². The number of halogens is 1. The minimum absolute atomic E-state index is 0.0112. The first-order chi connectivity index (χ1) is 30.1. The standard InChI is InChI=1S/C46H45ClN10O4S/c1-26-27(2)62-46-41(26)42(51-39(24-40-49-18-21-60-40)43-55-52-28(3)57(43)46)30-4-6-31(7-5-30)45(59)56-19-16-29(17-20-56)22-34-11-15-38(54-53-34)44(58)50-33-9-13-35(14-10-33)61-36-12-8-32(25-48)37(47)23-36/h4-8,11-12,15,18,21,23,29,33,35,39H,9-10,13-14,16-17,19-20,22,24H2,1-3H3,(H,50,58)/t33-,35-,39-/m0/s1. The number of fused-ring (bicyclic) bond motifs is 3. The number of carbonyl (C=O) groups excluding carboxylic acids is 2. The first kappa shape index (κ1) is 41.1. The lowest BCUT2D eigenvalue weighted by atomic mass is 9.91. The van der Waals surface area contributed by atoms with Gasteiger partial charge >= 0.3 is 0 Å². The molecule has 14 nitrogen and oxygen atoms in total. The van der Waals surface area contributed by atoms with Gasteiger partial charge in [0.2, 0.25) is 0 Å². The number of nitrogens with one attached hydrogen (secondary N) is 1. The highest BCUT2D eigenvalue weighted by Crippen LogP contribution is 2.40. The Hall–Kier alpha value is -6.24. The molecular formula is C46H45ClN10O4S. The number of amides is 2. The van der Waals surface area contributed by atoms with Crippen LogP contribution in [-0.4, -0.2) is 77.6 Å². The van der Waals surface area contributed by atoms with Crippen LogP contribution in [0.2, 0.25) is 5.02 Å². The molecule has 2 fully saturated rings. The zero-order valence-electron chi connectivity index (χ0n) is 34.7. The van der Waals surface area contributed by atoms with Crippen molar-refractivity contribution in [2.75, 3.05) is 13.1 Å². The maximum absolute atomic E-state index is 13.8. The quantitative estimate of drug-likeness (QED) is 0.142. The fourth-order valence-corrected chi connectivity index (χ4v) is 10.1. The Bertz CT molecular complexity index is 2670. The summed E-state index contributed by atoms with van der Waals surface area (Å²) in [5.74, 6) is 2.88. The molecule has 0 unspecified atom stereocenters. The van der Waals surface area contributed by atoms with E-state index in [4.69, 9.17) is 31.0 Å². The third-order valence-corrected chi connectivity index (χ3v) is 13.7. The molecule has 0 bridgehead atoms. The molecule has 3 aliphatic rings. The average molecular weight is 869 g/mol. The number of thiophene rings is 1. The lowest BCUT2D eigenvalue weighted by molar-refractivity contribution is 0.0690. The summed E-state index contributed by atoms with van der Waals surface area (Å²) in [7, 11) is 0. The van der Waals surface area contributed by atoms with Gasteiger partial charge in [0.15, 0.2) is 17.4 Å². The van der Waals surface area contributed by atoms with Gasteiger partial charge in [-0.25, -0.2) is 4.98 Å². The van der Waals surface area contributed by atoms with Crippen LogP contribution in [0.5, 0.6) is 5.75 Å². The van der Waals surface area contributed by atoms with Crippen molar-refractivity contribution in [1.29, 1.82) is 5.26 Å². The van der Waals surface area contributed by atoms with E-state index in [1.54, 1.807) is 48.1 Å². The van der Waals surface area contributed by atoms with Crippen molar-refractivity contribution in [2.24, 2.45) is 10.9 Å². The van der Waals surface area contributed by atoms with E-state index in [-0.39, 0.29) is 30.0 Å². The minimum Gasteiger partial charge on any atom is -0.490 e. The monoisotopic (exact) mass is 868 g/mol. The molecule has 1 saturated carbocycles. The fraction of sp³-hybridized carbons (Fsp3) is 0.370. The number of aryl methyl sites for hydroxylation is 2. The van der Waals surface area contributed by atoms with Gasteiger partial charge in [-0.2, -0.15) is 10.4 Å². The number of benzene rings is 2. The van der Waals surface area contributed by atoms with Crippen LogP contribution in [0, 0.1) is 38.0 Å². The van der Waals surface area contributed by atoms with Gasteiger partial charge in [-0.15, -0.1) is 26.6 Å². The molecule has 2 aromatic carbocycles. The van der Waals surface area contributed by atoms with Crippen LogP contribution in [0.4, 0.5) is 0 Å². The highest BCUT2D eigenvalue weighted by atomic mass is 35.5.